The van der Waals surface area contributed by atoms with Crippen LogP contribution in [0.4, 0.5) is 0 Å². The molecule has 1 aromatic heterocycles. The zero-order valence-corrected chi connectivity index (χ0v) is 12.6. The van der Waals surface area contributed by atoms with Crippen molar-refractivity contribution in [3.05, 3.63) is 44.7 Å². The van der Waals surface area contributed by atoms with E-state index >= 15 is 0 Å². The highest BCUT2D eigenvalue weighted by Gasteiger charge is 2.09. The molecule has 0 fully saturated rings. The normalized spacial score (nSPS) is 11.4. The van der Waals surface area contributed by atoms with Crippen LogP contribution < -0.4 is 5.56 Å². The van der Waals surface area contributed by atoms with E-state index in [0.29, 0.717) is 13.1 Å². The molecule has 1 heterocycles. The second-order valence-electron chi connectivity index (χ2n) is 4.78. The number of nitrogens with zero attached hydrogens (tertiary/aromatic N) is 2. The number of aliphatic hydroxyl groups is 1. The van der Waals surface area contributed by atoms with Crippen LogP contribution in [0.25, 0.3) is 10.9 Å². The fraction of sp³-hybridized carbons (Fsp3) is 0.357. The SMILES string of the molecule is CN(C)Cc1cc(=O)n(CCO)c2ccc(Br)cc12. The molecule has 19 heavy (non-hydrogen) atoms. The maximum absolute atomic E-state index is 12.1. The fourth-order valence-corrected chi connectivity index (χ4v) is 2.59. The lowest BCUT2D eigenvalue weighted by Crippen LogP contribution is -2.23. The Hall–Kier alpha value is -1.17. The molecule has 0 bridgehead atoms. The summed E-state index contributed by atoms with van der Waals surface area (Å²) in [5.74, 6) is 0. The molecule has 0 aliphatic carbocycles. The van der Waals surface area contributed by atoms with Crippen LogP contribution in [0.3, 0.4) is 0 Å². The van der Waals surface area contributed by atoms with Crippen molar-refractivity contribution in [2.75, 3.05) is 20.7 Å². The molecule has 0 radical (unpaired) electrons. The van der Waals surface area contributed by atoms with Gasteiger partial charge in [-0.05, 0) is 37.9 Å². The van der Waals surface area contributed by atoms with Gasteiger partial charge in [0.05, 0.1) is 12.1 Å². The van der Waals surface area contributed by atoms with E-state index in [9.17, 15) is 4.79 Å². The summed E-state index contributed by atoms with van der Waals surface area (Å²) in [6.07, 6.45) is 0. The first-order valence-corrected chi connectivity index (χ1v) is 6.90. The Bertz CT molecular complexity index is 650. The van der Waals surface area contributed by atoms with Gasteiger partial charge < -0.3 is 14.6 Å². The summed E-state index contributed by atoms with van der Waals surface area (Å²) < 4.78 is 2.59. The number of hydrogen-bond donors (Lipinski definition) is 1. The van der Waals surface area contributed by atoms with Crippen molar-refractivity contribution in [3.8, 4) is 0 Å². The monoisotopic (exact) mass is 324 g/mol. The molecule has 102 valence electrons. The largest absolute Gasteiger partial charge is 0.395 e. The molecule has 1 aromatic carbocycles. The number of rotatable bonds is 4. The summed E-state index contributed by atoms with van der Waals surface area (Å²) >= 11 is 3.46. The van der Waals surface area contributed by atoms with E-state index in [0.717, 1.165) is 20.9 Å². The van der Waals surface area contributed by atoms with Gasteiger partial charge in [0.25, 0.3) is 5.56 Å². The molecule has 5 heteroatoms. The molecule has 2 aromatic rings. The predicted octanol–water partition coefficient (Wildman–Crippen LogP) is 1.82. The van der Waals surface area contributed by atoms with Crippen molar-refractivity contribution in [1.29, 1.82) is 0 Å². The third-order valence-corrected chi connectivity index (χ3v) is 3.46. The van der Waals surface area contributed by atoms with Gasteiger partial charge in [-0.25, -0.2) is 0 Å². The molecule has 0 saturated heterocycles. The van der Waals surface area contributed by atoms with Crippen molar-refractivity contribution < 1.29 is 5.11 Å². The molecule has 0 spiro atoms. The number of aliphatic hydroxyl groups excluding tert-OH is 1. The third kappa shape index (κ3) is 3.05. The van der Waals surface area contributed by atoms with Crippen LogP contribution in [-0.2, 0) is 13.1 Å². The van der Waals surface area contributed by atoms with Crippen LogP contribution in [0.1, 0.15) is 5.56 Å². The molecule has 1 N–H and O–H groups in total. The van der Waals surface area contributed by atoms with Crippen LogP contribution in [-0.4, -0.2) is 35.3 Å². The smallest absolute Gasteiger partial charge is 0.251 e. The van der Waals surface area contributed by atoms with E-state index in [2.05, 4.69) is 15.9 Å². The maximum Gasteiger partial charge on any atom is 0.251 e. The van der Waals surface area contributed by atoms with Gasteiger partial charge in [-0.3, -0.25) is 4.79 Å². The lowest BCUT2D eigenvalue weighted by Gasteiger charge is -2.15. The lowest BCUT2D eigenvalue weighted by molar-refractivity contribution is 0.276. The third-order valence-electron chi connectivity index (χ3n) is 2.97. The Morgan fingerprint density at radius 3 is 2.68 bits per heavy atom. The van der Waals surface area contributed by atoms with Gasteiger partial charge in [0.2, 0.25) is 0 Å². The first-order chi connectivity index (χ1) is 9.02. The second kappa shape index (κ2) is 5.86. The molecular formula is C14H17BrN2O2. The Kier molecular flexibility index (Phi) is 4.39. The minimum absolute atomic E-state index is 0.0436. The Morgan fingerprint density at radius 1 is 1.32 bits per heavy atom. The van der Waals surface area contributed by atoms with Crippen LogP contribution in [0.5, 0.6) is 0 Å². The standard InChI is InChI=1S/C14H17BrN2O2/c1-16(2)9-10-7-14(19)17(5-6-18)13-4-3-11(15)8-12(10)13/h3-4,7-8,18H,5-6,9H2,1-2H3. The van der Waals surface area contributed by atoms with E-state index in [1.54, 1.807) is 10.6 Å². The van der Waals surface area contributed by atoms with Crippen molar-refractivity contribution in [3.63, 3.8) is 0 Å². The summed E-state index contributed by atoms with van der Waals surface area (Å²) in [6, 6.07) is 7.50. The Balaban J connectivity index is 2.73. The quantitative estimate of drug-likeness (QED) is 0.933. The van der Waals surface area contributed by atoms with E-state index in [-0.39, 0.29) is 12.2 Å². The molecule has 0 atom stereocenters. The average Bonchev–Trinajstić information content (AvgIpc) is 2.33. The minimum atomic E-state index is -0.0688. The van der Waals surface area contributed by atoms with Gasteiger partial charge in [0.1, 0.15) is 0 Å². The average molecular weight is 325 g/mol. The van der Waals surface area contributed by atoms with Crippen LogP contribution in [0.15, 0.2) is 33.5 Å². The molecule has 0 aliphatic rings. The van der Waals surface area contributed by atoms with E-state index < -0.39 is 0 Å². The van der Waals surface area contributed by atoms with Gasteiger partial charge >= 0.3 is 0 Å². The highest BCUT2D eigenvalue weighted by molar-refractivity contribution is 9.10. The number of halogens is 1. The molecule has 0 amide bonds. The summed E-state index contributed by atoms with van der Waals surface area (Å²) in [4.78, 5) is 14.2. The van der Waals surface area contributed by atoms with Crippen LogP contribution in [0, 0.1) is 0 Å². The second-order valence-corrected chi connectivity index (χ2v) is 5.70. The van der Waals surface area contributed by atoms with E-state index in [1.165, 1.54) is 0 Å². The Morgan fingerprint density at radius 2 is 2.05 bits per heavy atom. The van der Waals surface area contributed by atoms with Gasteiger partial charge in [-0.15, -0.1) is 0 Å². The summed E-state index contributed by atoms with van der Waals surface area (Å²) in [5, 5.41) is 10.1. The first-order valence-electron chi connectivity index (χ1n) is 6.10. The topological polar surface area (TPSA) is 45.5 Å². The number of aromatic nitrogens is 1. The van der Waals surface area contributed by atoms with Crippen molar-refractivity contribution in [2.45, 2.75) is 13.1 Å². The summed E-state index contributed by atoms with van der Waals surface area (Å²) in [5.41, 5.74) is 1.79. The van der Waals surface area contributed by atoms with Gasteiger partial charge in [-0.2, -0.15) is 0 Å². The van der Waals surface area contributed by atoms with Crippen LogP contribution in [0.2, 0.25) is 0 Å². The molecule has 0 saturated carbocycles. The lowest BCUT2D eigenvalue weighted by atomic mass is 10.1. The molecule has 0 unspecified atom stereocenters. The van der Waals surface area contributed by atoms with Crippen molar-refractivity contribution in [1.82, 2.24) is 9.47 Å². The molecule has 0 aliphatic heterocycles. The minimum Gasteiger partial charge on any atom is -0.395 e. The van der Waals surface area contributed by atoms with Gasteiger partial charge in [0, 0.05) is 29.0 Å². The first kappa shape index (κ1) is 14.2. The summed E-state index contributed by atoms with van der Waals surface area (Å²) in [6.45, 7) is 0.986. The number of pyridine rings is 1. The van der Waals surface area contributed by atoms with Gasteiger partial charge in [-0.1, -0.05) is 15.9 Å². The number of fused-ring (bicyclic) bond motifs is 1. The highest BCUT2D eigenvalue weighted by atomic mass is 79.9. The van der Waals surface area contributed by atoms with Crippen LogP contribution >= 0.6 is 15.9 Å². The molecule has 2 rings (SSSR count). The predicted molar refractivity (Wildman–Crippen MR) is 80.4 cm³/mol. The molecule has 4 nitrogen and oxygen atoms in total. The summed E-state index contributed by atoms with van der Waals surface area (Å²) in [7, 11) is 3.95. The van der Waals surface area contributed by atoms with Crippen molar-refractivity contribution in [2.24, 2.45) is 0 Å². The van der Waals surface area contributed by atoms with E-state index in [1.807, 2.05) is 37.2 Å². The van der Waals surface area contributed by atoms with E-state index in [4.69, 9.17) is 5.11 Å². The van der Waals surface area contributed by atoms with Gasteiger partial charge in [0.15, 0.2) is 0 Å². The maximum atomic E-state index is 12.1. The fourth-order valence-electron chi connectivity index (χ4n) is 2.23. The van der Waals surface area contributed by atoms with Crippen molar-refractivity contribution >= 4 is 26.8 Å². The number of benzene rings is 1. The zero-order valence-electron chi connectivity index (χ0n) is 11.1. The zero-order chi connectivity index (χ0) is 14.0. The molecular weight excluding hydrogens is 308 g/mol. The Labute approximate surface area is 120 Å². The highest BCUT2D eigenvalue weighted by Crippen LogP contribution is 2.22. The number of hydrogen-bond acceptors (Lipinski definition) is 3.